The first kappa shape index (κ1) is 20.2. The maximum atomic E-state index is 11.9. The highest BCUT2D eigenvalue weighted by atomic mass is 79.9. The minimum atomic E-state index is -0.421. The lowest BCUT2D eigenvalue weighted by Crippen LogP contribution is -2.24. The minimum Gasteiger partial charge on any atom is -0.506 e. The predicted octanol–water partition coefficient (Wildman–Crippen LogP) is 4.61. The monoisotopic (exact) mass is 506 g/mol. The standard InChI is InChI=1S/C20H16Br2N2O4/c1-27-20-16(21)9-14(19(26)18(20)22)10-23-24-17(25)11-28-15-7-6-12-4-2-3-5-13(12)8-15/h2-10,26H,11H2,1H3,(H,24,25)/b23-10+. The van der Waals surface area contributed by atoms with Crippen molar-refractivity contribution >= 4 is 54.8 Å². The number of phenols is 1. The zero-order chi connectivity index (χ0) is 20.1. The molecule has 6 nitrogen and oxygen atoms in total. The molecule has 0 unspecified atom stereocenters. The van der Waals surface area contributed by atoms with E-state index < -0.39 is 5.91 Å². The van der Waals surface area contributed by atoms with Gasteiger partial charge in [0.1, 0.15) is 16.0 Å². The first-order valence-electron chi connectivity index (χ1n) is 8.18. The molecule has 0 aliphatic heterocycles. The quantitative estimate of drug-likeness (QED) is 0.377. The molecule has 2 N–H and O–H groups in total. The fourth-order valence-electron chi connectivity index (χ4n) is 2.51. The number of rotatable bonds is 6. The van der Waals surface area contributed by atoms with Crippen LogP contribution >= 0.6 is 31.9 Å². The summed E-state index contributed by atoms with van der Waals surface area (Å²) in [7, 11) is 1.49. The van der Waals surface area contributed by atoms with Crippen LogP contribution in [-0.4, -0.2) is 30.9 Å². The number of hydrazone groups is 1. The predicted molar refractivity (Wildman–Crippen MR) is 115 cm³/mol. The van der Waals surface area contributed by atoms with Gasteiger partial charge in [0.15, 0.2) is 12.4 Å². The van der Waals surface area contributed by atoms with Crippen LogP contribution in [0.1, 0.15) is 5.56 Å². The van der Waals surface area contributed by atoms with Crippen molar-refractivity contribution in [3.63, 3.8) is 0 Å². The summed E-state index contributed by atoms with van der Waals surface area (Å²) in [6.07, 6.45) is 1.33. The summed E-state index contributed by atoms with van der Waals surface area (Å²) in [4.78, 5) is 11.9. The van der Waals surface area contributed by atoms with E-state index in [2.05, 4.69) is 42.4 Å². The lowest BCUT2D eigenvalue weighted by Gasteiger charge is -2.10. The molecule has 0 aliphatic carbocycles. The van der Waals surface area contributed by atoms with Crippen LogP contribution in [0.3, 0.4) is 0 Å². The van der Waals surface area contributed by atoms with Crippen LogP contribution in [0.15, 0.2) is 62.6 Å². The number of hydrogen-bond acceptors (Lipinski definition) is 5. The Kier molecular flexibility index (Phi) is 6.53. The van der Waals surface area contributed by atoms with Crippen molar-refractivity contribution in [2.75, 3.05) is 13.7 Å². The summed E-state index contributed by atoms with van der Waals surface area (Å²) in [6, 6.07) is 15.1. The van der Waals surface area contributed by atoms with Gasteiger partial charge >= 0.3 is 0 Å². The molecule has 0 spiro atoms. The Morgan fingerprint density at radius 1 is 1.18 bits per heavy atom. The largest absolute Gasteiger partial charge is 0.506 e. The number of fused-ring (bicyclic) bond motifs is 1. The Morgan fingerprint density at radius 2 is 1.93 bits per heavy atom. The molecule has 0 heterocycles. The van der Waals surface area contributed by atoms with E-state index in [1.54, 1.807) is 6.07 Å². The van der Waals surface area contributed by atoms with Crippen molar-refractivity contribution in [2.45, 2.75) is 0 Å². The maximum absolute atomic E-state index is 11.9. The van der Waals surface area contributed by atoms with Crippen molar-refractivity contribution < 1.29 is 19.4 Å². The van der Waals surface area contributed by atoms with Crippen molar-refractivity contribution in [3.05, 3.63) is 63.0 Å². The van der Waals surface area contributed by atoms with Gasteiger partial charge in [0, 0.05) is 5.56 Å². The van der Waals surface area contributed by atoms with Gasteiger partial charge in [0.05, 0.1) is 17.8 Å². The average Bonchev–Trinajstić information content (AvgIpc) is 2.70. The Balaban J connectivity index is 1.59. The van der Waals surface area contributed by atoms with E-state index in [1.165, 1.54) is 13.3 Å². The number of amides is 1. The second-order valence-electron chi connectivity index (χ2n) is 5.73. The third kappa shape index (κ3) is 4.63. The number of carbonyl (C=O) groups is 1. The van der Waals surface area contributed by atoms with E-state index in [-0.39, 0.29) is 12.4 Å². The molecule has 0 saturated heterocycles. The highest BCUT2D eigenvalue weighted by molar-refractivity contribution is 9.11. The first-order valence-corrected chi connectivity index (χ1v) is 9.76. The molecule has 0 radical (unpaired) electrons. The molecule has 0 saturated carbocycles. The van der Waals surface area contributed by atoms with Gasteiger partial charge in [-0.15, -0.1) is 0 Å². The van der Waals surface area contributed by atoms with Gasteiger partial charge < -0.3 is 14.6 Å². The molecule has 0 aromatic heterocycles. The molecule has 0 bridgehead atoms. The number of phenolic OH excluding ortho intramolecular Hbond substituents is 1. The fraction of sp³-hybridized carbons (Fsp3) is 0.100. The number of ether oxygens (including phenoxy) is 2. The third-order valence-corrected chi connectivity index (χ3v) is 5.19. The molecule has 28 heavy (non-hydrogen) atoms. The lowest BCUT2D eigenvalue weighted by molar-refractivity contribution is -0.123. The summed E-state index contributed by atoms with van der Waals surface area (Å²) in [5, 5.41) is 16.1. The summed E-state index contributed by atoms with van der Waals surface area (Å²) in [5.74, 6) is 0.585. The normalized spacial score (nSPS) is 11.0. The zero-order valence-electron chi connectivity index (χ0n) is 14.8. The SMILES string of the molecule is COc1c(Br)cc(/C=N/NC(=O)COc2ccc3ccccc3c2)c(O)c1Br. The Bertz CT molecular complexity index is 1050. The van der Waals surface area contributed by atoms with E-state index in [9.17, 15) is 9.90 Å². The van der Waals surface area contributed by atoms with Gasteiger partial charge in [-0.25, -0.2) is 5.43 Å². The van der Waals surface area contributed by atoms with Crippen LogP contribution in [0.25, 0.3) is 10.8 Å². The summed E-state index contributed by atoms with van der Waals surface area (Å²) < 4.78 is 11.7. The van der Waals surface area contributed by atoms with Crippen molar-refractivity contribution in [1.82, 2.24) is 5.43 Å². The van der Waals surface area contributed by atoms with Crippen molar-refractivity contribution in [1.29, 1.82) is 0 Å². The molecule has 8 heteroatoms. The van der Waals surface area contributed by atoms with E-state index >= 15 is 0 Å². The highest BCUT2D eigenvalue weighted by Gasteiger charge is 2.14. The average molecular weight is 508 g/mol. The molecule has 3 aromatic rings. The van der Waals surface area contributed by atoms with E-state index in [4.69, 9.17) is 9.47 Å². The number of nitrogens with zero attached hydrogens (tertiary/aromatic N) is 1. The number of hydrogen-bond donors (Lipinski definition) is 2. The topological polar surface area (TPSA) is 80.2 Å². The van der Waals surface area contributed by atoms with Crippen LogP contribution < -0.4 is 14.9 Å². The summed E-state index contributed by atoms with van der Waals surface area (Å²) in [6.45, 7) is -0.183. The molecule has 0 atom stereocenters. The van der Waals surface area contributed by atoms with E-state index in [0.717, 1.165) is 10.8 Å². The number of methoxy groups -OCH3 is 1. The van der Waals surface area contributed by atoms with Gasteiger partial charge in [-0.1, -0.05) is 30.3 Å². The van der Waals surface area contributed by atoms with Crippen LogP contribution in [-0.2, 0) is 4.79 Å². The van der Waals surface area contributed by atoms with Gasteiger partial charge in [-0.3, -0.25) is 4.79 Å². The third-order valence-electron chi connectivity index (χ3n) is 3.87. The van der Waals surface area contributed by atoms with E-state index in [1.807, 2.05) is 42.5 Å². The fourth-order valence-corrected chi connectivity index (χ4v) is 3.98. The summed E-state index contributed by atoms with van der Waals surface area (Å²) >= 11 is 6.60. The Hall–Kier alpha value is -2.58. The first-order chi connectivity index (χ1) is 13.5. The van der Waals surface area contributed by atoms with Crippen LogP contribution in [0.5, 0.6) is 17.2 Å². The Labute approximate surface area is 178 Å². The number of nitrogens with one attached hydrogen (secondary N) is 1. The second kappa shape index (κ2) is 9.07. The number of benzene rings is 3. The second-order valence-corrected chi connectivity index (χ2v) is 7.38. The maximum Gasteiger partial charge on any atom is 0.277 e. The minimum absolute atomic E-state index is 0.0505. The van der Waals surface area contributed by atoms with Crippen LogP contribution in [0, 0.1) is 0 Å². The van der Waals surface area contributed by atoms with Gasteiger partial charge in [0.25, 0.3) is 5.91 Å². The smallest absolute Gasteiger partial charge is 0.277 e. The molecular formula is C20H16Br2N2O4. The molecule has 144 valence electrons. The van der Waals surface area contributed by atoms with Crippen LogP contribution in [0.2, 0.25) is 0 Å². The Morgan fingerprint density at radius 3 is 2.68 bits per heavy atom. The van der Waals surface area contributed by atoms with Gasteiger partial charge in [-0.05, 0) is 60.8 Å². The van der Waals surface area contributed by atoms with Crippen molar-refractivity contribution in [2.24, 2.45) is 5.10 Å². The summed E-state index contributed by atoms with van der Waals surface area (Å²) in [5.41, 5.74) is 2.76. The van der Waals surface area contributed by atoms with Crippen molar-refractivity contribution in [3.8, 4) is 17.2 Å². The number of halogens is 2. The van der Waals surface area contributed by atoms with Gasteiger partial charge in [-0.2, -0.15) is 5.10 Å². The van der Waals surface area contributed by atoms with Gasteiger partial charge in [0.2, 0.25) is 0 Å². The zero-order valence-corrected chi connectivity index (χ0v) is 18.0. The number of aromatic hydroxyl groups is 1. The molecule has 0 aliphatic rings. The highest BCUT2D eigenvalue weighted by Crippen LogP contribution is 2.41. The van der Waals surface area contributed by atoms with E-state index in [0.29, 0.717) is 26.0 Å². The molecule has 0 fully saturated rings. The lowest BCUT2D eigenvalue weighted by atomic mass is 10.1. The van der Waals surface area contributed by atoms with Crippen LogP contribution in [0.4, 0.5) is 0 Å². The molecule has 3 rings (SSSR count). The molecule has 1 amide bonds. The number of carbonyl (C=O) groups excluding carboxylic acids is 1. The molecular weight excluding hydrogens is 492 g/mol. The molecule has 3 aromatic carbocycles.